The maximum atomic E-state index is 13.1. The normalized spacial score (nSPS) is 39.5. The first-order valence-corrected chi connectivity index (χ1v) is 11.0. The van der Waals surface area contributed by atoms with Crippen LogP contribution in [0.4, 0.5) is 0 Å². The van der Waals surface area contributed by atoms with Crippen molar-refractivity contribution in [2.24, 2.45) is 17.3 Å². The molecule has 5 fully saturated rings. The van der Waals surface area contributed by atoms with Gasteiger partial charge in [-0.3, -0.25) is 4.79 Å². The molecule has 1 aromatic heterocycles. The standard InChI is InChI=1S/C20H28BrN3O2/c1-13-22-18(26-23-13)16-2-4-24(5-3-16)17(25)11-19-7-14-6-15(8-19)10-20(21,9-14)12-19/h14-16H,2-12H2,1H3. The van der Waals surface area contributed by atoms with Crippen molar-refractivity contribution >= 4 is 21.8 Å². The summed E-state index contributed by atoms with van der Waals surface area (Å²) in [5.74, 6) is 3.82. The van der Waals surface area contributed by atoms with Crippen LogP contribution < -0.4 is 0 Å². The molecule has 2 unspecified atom stereocenters. The molecule has 4 aliphatic carbocycles. The highest BCUT2D eigenvalue weighted by atomic mass is 79.9. The quantitative estimate of drug-likeness (QED) is 0.685. The number of likely N-dealkylation sites (tertiary alicyclic amines) is 1. The second kappa shape index (κ2) is 6.05. The molecule has 0 radical (unpaired) electrons. The summed E-state index contributed by atoms with van der Waals surface area (Å²) in [6.07, 6.45) is 10.5. The van der Waals surface area contributed by atoms with E-state index in [1.807, 2.05) is 6.92 Å². The van der Waals surface area contributed by atoms with Gasteiger partial charge in [-0.1, -0.05) is 21.1 Å². The molecule has 0 N–H and O–H groups in total. The summed E-state index contributed by atoms with van der Waals surface area (Å²) in [6.45, 7) is 3.51. The molecule has 4 bridgehead atoms. The number of rotatable bonds is 3. The molecule has 2 heterocycles. The summed E-state index contributed by atoms with van der Waals surface area (Å²) in [4.78, 5) is 19.6. The number of aromatic nitrogens is 2. The second-order valence-corrected chi connectivity index (χ2v) is 11.3. The molecule has 5 nitrogen and oxygen atoms in total. The van der Waals surface area contributed by atoms with E-state index < -0.39 is 0 Å². The number of nitrogens with zero attached hydrogens (tertiary/aromatic N) is 3. The van der Waals surface area contributed by atoms with E-state index in [0.29, 0.717) is 22.0 Å². The predicted octanol–water partition coefficient (Wildman–Crippen LogP) is 4.21. The number of carbonyl (C=O) groups is 1. The van der Waals surface area contributed by atoms with E-state index >= 15 is 0 Å². The van der Waals surface area contributed by atoms with Crippen LogP contribution in [-0.2, 0) is 4.79 Å². The zero-order chi connectivity index (χ0) is 17.9. The van der Waals surface area contributed by atoms with Gasteiger partial charge in [0.25, 0.3) is 0 Å². The molecule has 1 saturated heterocycles. The third kappa shape index (κ3) is 3.02. The highest BCUT2D eigenvalue weighted by Gasteiger charge is 2.57. The Hall–Kier alpha value is -0.910. The van der Waals surface area contributed by atoms with Gasteiger partial charge in [-0.15, -0.1) is 0 Å². The van der Waals surface area contributed by atoms with E-state index in [4.69, 9.17) is 4.52 Å². The van der Waals surface area contributed by atoms with Crippen LogP contribution in [0.2, 0.25) is 0 Å². The van der Waals surface area contributed by atoms with Crippen molar-refractivity contribution in [3.63, 3.8) is 0 Å². The van der Waals surface area contributed by atoms with Crippen LogP contribution in [0, 0.1) is 24.2 Å². The van der Waals surface area contributed by atoms with E-state index in [1.165, 1.54) is 38.5 Å². The summed E-state index contributed by atoms with van der Waals surface area (Å²) >= 11 is 4.07. The highest BCUT2D eigenvalue weighted by molar-refractivity contribution is 9.10. The van der Waals surface area contributed by atoms with Crippen molar-refractivity contribution < 1.29 is 9.32 Å². The Labute approximate surface area is 163 Å². The van der Waals surface area contributed by atoms with Crippen LogP contribution >= 0.6 is 15.9 Å². The zero-order valence-electron chi connectivity index (χ0n) is 15.5. The molecule has 2 atom stereocenters. The molecule has 1 amide bonds. The first-order valence-electron chi connectivity index (χ1n) is 10.2. The van der Waals surface area contributed by atoms with E-state index in [0.717, 1.165) is 50.1 Å². The SMILES string of the molecule is Cc1noc(C2CCN(C(=O)CC34CC5CC(CC(Br)(C5)C3)C4)CC2)n1. The number of alkyl halides is 1. The highest BCUT2D eigenvalue weighted by Crippen LogP contribution is 2.65. The Balaban J connectivity index is 1.22. The van der Waals surface area contributed by atoms with Gasteiger partial charge in [0.1, 0.15) is 0 Å². The Morgan fingerprint density at radius 2 is 1.92 bits per heavy atom. The van der Waals surface area contributed by atoms with Crippen LogP contribution in [0.1, 0.15) is 75.4 Å². The molecule has 0 aromatic carbocycles. The van der Waals surface area contributed by atoms with Gasteiger partial charge in [0, 0.05) is 29.8 Å². The van der Waals surface area contributed by atoms with E-state index in [-0.39, 0.29) is 5.41 Å². The molecule has 6 heteroatoms. The smallest absolute Gasteiger partial charge is 0.229 e. The monoisotopic (exact) mass is 421 g/mol. The number of amides is 1. The summed E-state index contributed by atoms with van der Waals surface area (Å²) in [7, 11) is 0. The topological polar surface area (TPSA) is 59.2 Å². The Kier molecular flexibility index (Phi) is 4.00. The minimum atomic E-state index is 0.269. The lowest BCUT2D eigenvalue weighted by Gasteiger charge is -2.60. The lowest BCUT2D eigenvalue weighted by atomic mass is 9.48. The maximum Gasteiger partial charge on any atom is 0.229 e. The van der Waals surface area contributed by atoms with Crippen LogP contribution in [0.15, 0.2) is 4.52 Å². The third-order valence-corrected chi connectivity index (χ3v) is 8.31. The molecule has 26 heavy (non-hydrogen) atoms. The maximum absolute atomic E-state index is 13.1. The van der Waals surface area contributed by atoms with Gasteiger partial charge in [0.05, 0.1) is 0 Å². The van der Waals surface area contributed by atoms with Crippen molar-refractivity contribution in [3.8, 4) is 0 Å². The van der Waals surface area contributed by atoms with E-state index in [9.17, 15) is 4.79 Å². The number of aryl methyl sites for hydroxylation is 1. The first kappa shape index (κ1) is 17.2. The van der Waals surface area contributed by atoms with Crippen molar-refractivity contribution in [2.75, 3.05) is 13.1 Å². The summed E-state index contributed by atoms with van der Waals surface area (Å²) in [6, 6.07) is 0. The summed E-state index contributed by atoms with van der Waals surface area (Å²) in [5.41, 5.74) is 0.269. The van der Waals surface area contributed by atoms with Crippen LogP contribution in [0.25, 0.3) is 0 Å². The van der Waals surface area contributed by atoms with Gasteiger partial charge in [-0.2, -0.15) is 4.98 Å². The van der Waals surface area contributed by atoms with Gasteiger partial charge < -0.3 is 9.42 Å². The Bertz CT molecular complexity index is 696. The van der Waals surface area contributed by atoms with Gasteiger partial charge >= 0.3 is 0 Å². The number of hydrogen-bond donors (Lipinski definition) is 0. The fourth-order valence-electron chi connectivity index (χ4n) is 6.83. The number of carbonyl (C=O) groups excluding carboxylic acids is 1. The van der Waals surface area contributed by atoms with Gasteiger partial charge in [-0.05, 0) is 75.5 Å². The minimum Gasteiger partial charge on any atom is -0.343 e. The number of hydrogen-bond acceptors (Lipinski definition) is 4. The molecule has 0 spiro atoms. The van der Waals surface area contributed by atoms with Crippen molar-refractivity contribution in [1.82, 2.24) is 15.0 Å². The molecular weight excluding hydrogens is 394 g/mol. The predicted molar refractivity (Wildman–Crippen MR) is 101 cm³/mol. The summed E-state index contributed by atoms with van der Waals surface area (Å²) in [5, 5.41) is 3.90. The average molecular weight is 422 g/mol. The molecule has 6 rings (SSSR count). The third-order valence-electron chi connectivity index (χ3n) is 7.38. The second-order valence-electron chi connectivity index (χ2n) is 9.62. The van der Waals surface area contributed by atoms with Gasteiger partial charge in [0.15, 0.2) is 5.82 Å². The van der Waals surface area contributed by atoms with E-state index in [2.05, 4.69) is 31.0 Å². The van der Waals surface area contributed by atoms with Crippen LogP contribution in [0.5, 0.6) is 0 Å². The fourth-order valence-corrected chi connectivity index (χ4v) is 8.34. The number of piperidine rings is 1. The molecule has 1 aromatic rings. The van der Waals surface area contributed by atoms with Gasteiger partial charge in [-0.25, -0.2) is 0 Å². The van der Waals surface area contributed by atoms with Crippen molar-refractivity contribution in [2.45, 2.75) is 75.0 Å². The minimum absolute atomic E-state index is 0.269. The van der Waals surface area contributed by atoms with Crippen LogP contribution in [-0.4, -0.2) is 38.4 Å². The summed E-state index contributed by atoms with van der Waals surface area (Å²) < 4.78 is 5.67. The van der Waals surface area contributed by atoms with E-state index in [1.54, 1.807) is 0 Å². The fraction of sp³-hybridized carbons (Fsp3) is 0.850. The van der Waals surface area contributed by atoms with Gasteiger partial charge in [0.2, 0.25) is 11.8 Å². The average Bonchev–Trinajstić information content (AvgIpc) is 2.98. The Morgan fingerprint density at radius 1 is 1.23 bits per heavy atom. The Morgan fingerprint density at radius 3 is 2.50 bits per heavy atom. The largest absolute Gasteiger partial charge is 0.343 e. The van der Waals surface area contributed by atoms with Crippen LogP contribution in [0.3, 0.4) is 0 Å². The molecule has 1 aliphatic heterocycles. The van der Waals surface area contributed by atoms with Crippen molar-refractivity contribution in [1.29, 1.82) is 0 Å². The molecule has 5 aliphatic rings. The van der Waals surface area contributed by atoms with Crippen molar-refractivity contribution in [3.05, 3.63) is 11.7 Å². The first-order chi connectivity index (χ1) is 12.4. The lowest BCUT2D eigenvalue weighted by Crippen LogP contribution is -2.54. The molecule has 142 valence electrons. The zero-order valence-corrected chi connectivity index (χ0v) is 17.1. The molecular formula is C20H28BrN3O2. The molecule has 4 saturated carbocycles. The lowest BCUT2D eigenvalue weighted by molar-refractivity contribution is -0.139. The number of halogens is 1.